The van der Waals surface area contributed by atoms with Crippen LogP contribution in [0, 0.1) is 0 Å². The molecule has 0 saturated heterocycles. The lowest BCUT2D eigenvalue weighted by molar-refractivity contribution is -0.132. The maximum absolute atomic E-state index is 11.9. The number of hydrogen-bond donors (Lipinski definition) is 1. The Bertz CT molecular complexity index is 690. The van der Waals surface area contributed by atoms with E-state index in [1.54, 1.807) is 6.07 Å². The highest BCUT2D eigenvalue weighted by atomic mass is 16.5. The van der Waals surface area contributed by atoms with Crippen LogP contribution in [-0.4, -0.2) is 11.1 Å². The zero-order chi connectivity index (χ0) is 21.0. The van der Waals surface area contributed by atoms with Gasteiger partial charge in [0.2, 0.25) is 0 Å². The molecule has 0 spiro atoms. The minimum Gasteiger partial charge on any atom is -0.507 e. The van der Waals surface area contributed by atoms with E-state index in [1.807, 2.05) is 0 Å². The van der Waals surface area contributed by atoms with E-state index in [1.165, 1.54) is 12.5 Å². The average Bonchev–Trinajstić information content (AvgIpc) is 2.47. The Hall–Kier alpha value is -1.77. The molecule has 0 bridgehead atoms. The van der Waals surface area contributed by atoms with Crippen LogP contribution in [0.2, 0.25) is 0 Å². The molecular formula is C24H38O3. The molecule has 3 nitrogen and oxygen atoms in total. The van der Waals surface area contributed by atoms with Crippen molar-refractivity contribution in [2.24, 2.45) is 0 Å². The Morgan fingerprint density at radius 3 is 1.93 bits per heavy atom. The van der Waals surface area contributed by atoms with Crippen molar-refractivity contribution >= 4 is 12.0 Å². The van der Waals surface area contributed by atoms with Gasteiger partial charge in [0.15, 0.2) is 0 Å². The normalized spacial score (nSPS) is 12.0. The van der Waals surface area contributed by atoms with Crippen LogP contribution < -0.4 is 4.74 Å². The zero-order valence-electron chi connectivity index (χ0n) is 18.7. The van der Waals surface area contributed by atoms with Crippen molar-refractivity contribution < 1.29 is 14.6 Å². The summed E-state index contributed by atoms with van der Waals surface area (Å²) in [4.78, 5) is 11.9. The smallest absolute Gasteiger partial charge is 0.308 e. The molecule has 1 aromatic rings. The Morgan fingerprint density at radius 1 is 1.04 bits per heavy atom. The average molecular weight is 375 g/mol. The fourth-order valence-corrected chi connectivity index (χ4v) is 3.48. The fraction of sp³-hybridized carbons (Fsp3) is 0.625. The molecule has 1 N–H and O–H groups in total. The quantitative estimate of drug-likeness (QED) is 0.435. The predicted octanol–water partition coefficient (Wildman–Crippen LogP) is 6.90. The van der Waals surface area contributed by atoms with Gasteiger partial charge in [-0.2, -0.15) is 0 Å². The fourth-order valence-electron chi connectivity index (χ4n) is 3.48. The van der Waals surface area contributed by atoms with Crippen LogP contribution >= 0.6 is 0 Å². The molecule has 27 heavy (non-hydrogen) atoms. The van der Waals surface area contributed by atoms with Gasteiger partial charge in [0.25, 0.3) is 0 Å². The van der Waals surface area contributed by atoms with Crippen molar-refractivity contribution in [3.05, 3.63) is 28.3 Å². The van der Waals surface area contributed by atoms with Gasteiger partial charge in [0.05, 0.1) is 0 Å². The molecule has 3 heteroatoms. The molecule has 0 radical (unpaired) electrons. The Labute approximate surface area is 165 Å². The maximum Gasteiger partial charge on any atom is 0.308 e. The Kier molecular flexibility index (Phi) is 7.71. The number of aromatic hydroxyl groups is 1. The Morgan fingerprint density at radius 2 is 1.56 bits per heavy atom. The van der Waals surface area contributed by atoms with Crippen LogP contribution in [0.4, 0.5) is 0 Å². The van der Waals surface area contributed by atoms with Crippen molar-refractivity contribution in [1.82, 2.24) is 0 Å². The molecule has 0 aliphatic rings. The van der Waals surface area contributed by atoms with Crippen molar-refractivity contribution in [2.75, 3.05) is 0 Å². The van der Waals surface area contributed by atoms with Crippen molar-refractivity contribution in [1.29, 1.82) is 0 Å². The van der Waals surface area contributed by atoms with Crippen molar-refractivity contribution in [3.63, 3.8) is 0 Å². The number of hydrogen-bond acceptors (Lipinski definition) is 3. The predicted molar refractivity (Wildman–Crippen MR) is 115 cm³/mol. The van der Waals surface area contributed by atoms with E-state index in [-0.39, 0.29) is 22.5 Å². The van der Waals surface area contributed by atoms with Crippen LogP contribution in [-0.2, 0) is 15.6 Å². The highest BCUT2D eigenvalue weighted by molar-refractivity contribution is 5.76. The summed E-state index contributed by atoms with van der Waals surface area (Å²) in [6.45, 7) is 18.2. The number of esters is 1. The third-order valence-electron chi connectivity index (χ3n) is 4.59. The van der Waals surface area contributed by atoms with Crippen LogP contribution in [0.15, 0.2) is 11.6 Å². The first-order chi connectivity index (χ1) is 12.3. The summed E-state index contributed by atoms with van der Waals surface area (Å²) in [5.41, 5.74) is 3.29. The molecule has 0 unspecified atom stereocenters. The van der Waals surface area contributed by atoms with E-state index in [9.17, 15) is 9.90 Å². The third kappa shape index (κ3) is 6.12. The van der Waals surface area contributed by atoms with Crippen LogP contribution in [0.5, 0.6) is 11.5 Å². The van der Waals surface area contributed by atoms with E-state index >= 15 is 0 Å². The minimum absolute atomic E-state index is 0.255. The molecule has 0 aromatic heterocycles. The summed E-state index contributed by atoms with van der Waals surface area (Å²) >= 11 is 0. The second-order valence-electron chi connectivity index (χ2n) is 9.46. The number of carbonyl (C=O) groups is 1. The van der Waals surface area contributed by atoms with E-state index in [2.05, 4.69) is 61.5 Å². The Balaban J connectivity index is 3.93. The first-order valence-corrected chi connectivity index (χ1v) is 10.1. The summed E-state index contributed by atoms with van der Waals surface area (Å²) in [7, 11) is 0. The number of benzene rings is 1. The van der Waals surface area contributed by atoms with Crippen LogP contribution in [0.1, 0.15) is 105 Å². The summed E-state index contributed by atoms with van der Waals surface area (Å²) in [6, 6.07) is 1.77. The molecule has 0 atom stereocenters. The van der Waals surface area contributed by atoms with Gasteiger partial charge in [-0.1, -0.05) is 79.9 Å². The van der Waals surface area contributed by atoms with Crippen molar-refractivity contribution in [2.45, 2.75) is 98.8 Å². The number of rotatable bonds is 6. The van der Waals surface area contributed by atoms with E-state index in [0.29, 0.717) is 5.75 Å². The molecule has 0 aliphatic heterocycles. The summed E-state index contributed by atoms with van der Waals surface area (Å²) in [5.74, 6) is 0.512. The zero-order valence-corrected chi connectivity index (χ0v) is 18.7. The van der Waals surface area contributed by atoms with Crippen molar-refractivity contribution in [3.8, 4) is 11.5 Å². The largest absolute Gasteiger partial charge is 0.507 e. The van der Waals surface area contributed by atoms with Gasteiger partial charge < -0.3 is 9.84 Å². The first kappa shape index (κ1) is 23.3. The second kappa shape index (κ2) is 8.95. The molecule has 1 rings (SSSR count). The molecule has 152 valence electrons. The summed E-state index contributed by atoms with van der Waals surface area (Å²) < 4.78 is 5.75. The third-order valence-corrected chi connectivity index (χ3v) is 4.59. The summed E-state index contributed by atoms with van der Waals surface area (Å²) in [5, 5.41) is 11.0. The number of carbonyl (C=O) groups excluding carboxylic acids is 1. The molecule has 0 heterocycles. The first-order valence-electron chi connectivity index (χ1n) is 10.1. The highest BCUT2D eigenvalue weighted by Crippen LogP contribution is 2.46. The lowest BCUT2D eigenvalue weighted by Gasteiger charge is -2.31. The molecule has 0 saturated carbocycles. The van der Waals surface area contributed by atoms with E-state index in [4.69, 9.17) is 4.74 Å². The van der Waals surface area contributed by atoms with Gasteiger partial charge in [-0.15, -0.1) is 0 Å². The SMILES string of the molecule is CCCC(=Cc1c(O)cc(C(C)(C)C)c(OC(C)=O)c1C(C)(C)C)CCC. The van der Waals surface area contributed by atoms with E-state index in [0.717, 1.165) is 42.4 Å². The van der Waals surface area contributed by atoms with Gasteiger partial charge in [-0.3, -0.25) is 4.79 Å². The van der Waals surface area contributed by atoms with Gasteiger partial charge in [0.1, 0.15) is 11.5 Å². The van der Waals surface area contributed by atoms with Gasteiger partial charge in [0, 0.05) is 23.6 Å². The van der Waals surface area contributed by atoms with Crippen LogP contribution in [0.3, 0.4) is 0 Å². The molecule has 0 amide bonds. The second-order valence-corrected chi connectivity index (χ2v) is 9.46. The van der Waals surface area contributed by atoms with Gasteiger partial charge in [-0.25, -0.2) is 0 Å². The lowest BCUT2D eigenvalue weighted by atomic mass is 9.76. The number of phenols is 1. The number of phenolic OH excluding ortho intramolecular Hbond substituents is 1. The van der Waals surface area contributed by atoms with Crippen LogP contribution in [0.25, 0.3) is 6.08 Å². The summed E-state index contributed by atoms with van der Waals surface area (Å²) in [6.07, 6.45) is 6.24. The monoisotopic (exact) mass is 374 g/mol. The van der Waals surface area contributed by atoms with E-state index < -0.39 is 0 Å². The molecule has 0 aliphatic carbocycles. The van der Waals surface area contributed by atoms with Gasteiger partial charge >= 0.3 is 5.97 Å². The number of allylic oxidation sites excluding steroid dienone is 1. The minimum atomic E-state index is -0.339. The molecule has 0 fully saturated rings. The number of ether oxygens (including phenoxy) is 1. The standard InChI is InChI=1S/C24H38O3/c1-10-12-17(13-11-2)14-18-20(26)15-19(23(4,5)6)22(27-16(3)25)21(18)24(7,8)9/h14-15,26H,10-13H2,1-9H3. The highest BCUT2D eigenvalue weighted by Gasteiger charge is 2.32. The maximum atomic E-state index is 11.9. The van der Waals surface area contributed by atoms with Gasteiger partial charge in [-0.05, 0) is 29.7 Å². The molecular weight excluding hydrogens is 336 g/mol. The lowest BCUT2D eigenvalue weighted by Crippen LogP contribution is -2.22. The topological polar surface area (TPSA) is 46.5 Å². The molecule has 1 aromatic carbocycles.